The first-order valence-electron chi connectivity index (χ1n) is 10.9. The van der Waals surface area contributed by atoms with E-state index >= 15 is 0 Å². The topological polar surface area (TPSA) is 68.6 Å². The Balaban J connectivity index is 1.48. The van der Waals surface area contributed by atoms with Crippen molar-refractivity contribution >= 4 is 5.91 Å². The second kappa shape index (κ2) is 9.50. The molecule has 1 aromatic carbocycles. The molecule has 2 aliphatic rings. The number of aryl methyl sites for hydroxylation is 1. The Bertz CT molecular complexity index is 954. The van der Waals surface area contributed by atoms with Crippen molar-refractivity contribution < 1.29 is 27.4 Å². The predicted molar refractivity (Wildman–Crippen MR) is 110 cm³/mol. The van der Waals surface area contributed by atoms with E-state index in [1.165, 1.54) is 12.1 Å². The van der Waals surface area contributed by atoms with E-state index in [1.54, 1.807) is 17.0 Å². The number of alkyl halides is 3. The number of hydrogen-bond acceptors (Lipinski definition) is 5. The summed E-state index contributed by atoms with van der Waals surface area (Å²) >= 11 is 0. The second-order valence-electron chi connectivity index (χ2n) is 7.97. The number of amides is 1. The van der Waals surface area contributed by atoms with Crippen LogP contribution in [-0.4, -0.2) is 59.3 Å². The van der Waals surface area contributed by atoms with E-state index in [0.29, 0.717) is 50.5 Å². The van der Waals surface area contributed by atoms with Gasteiger partial charge < -0.3 is 19.7 Å². The molecular weight excluding hydrogens is 425 g/mol. The molecule has 1 aliphatic carbocycles. The smallest absolute Gasteiger partial charge is 0.405 e. The predicted octanol–water partition coefficient (Wildman–Crippen LogP) is 2.92. The molecule has 1 amide bonds. The average molecular weight is 452 g/mol. The van der Waals surface area contributed by atoms with E-state index in [2.05, 4.69) is 15.2 Å². The molecule has 0 bridgehead atoms. The molecule has 1 N–H and O–H groups in total. The fourth-order valence-electron chi connectivity index (χ4n) is 4.34. The minimum absolute atomic E-state index is 0.0205. The molecule has 1 unspecified atom stereocenters. The van der Waals surface area contributed by atoms with Crippen LogP contribution in [0.3, 0.4) is 0 Å². The number of fused-ring (bicyclic) bond motifs is 1. The van der Waals surface area contributed by atoms with Crippen molar-refractivity contribution in [1.29, 1.82) is 0 Å². The van der Waals surface area contributed by atoms with Gasteiger partial charge in [0.05, 0.1) is 13.2 Å². The third-order valence-electron chi connectivity index (χ3n) is 5.93. The Kier molecular flexibility index (Phi) is 6.71. The van der Waals surface area contributed by atoms with E-state index in [0.717, 1.165) is 24.1 Å². The summed E-state index contributed by atoms with van der Waals surface area (Å²) in [5, 5.41) is 7.95. The molecule has 2 aromatic rings. The maximum absolute atomic E-state index is 13.1. The van der Waals surface area contributed by atoms with Crippen molar-refractivity contribution in [1.82, 2.24) is 20.0 Å². The number of para-hydroxylation sites is 1. The Morgan fingerprint density at radius 3 is 2.75 bits per heavy atom. The fraction of sp³-hybridized carbons (Fsp3) is 0.545. The van der Waals surface area contributed by atoms with Gasteiger partial charge >= 0.3 is 6.36 Å². The van der Waals surface area contributed by atoms with E-state index < -0.39 is 6.36 Å². The van der Waals surface area contributed by atoms with Gasteiger partial charge in [0.1, 0.15) is 5.75 Å². The monoisotopic (exact) mass is 452 g/mol. The summed E-state index contributed by atoms with van der Waals surface area (Å²) in [7, 11) is 0. The molecule has 7 nitrogen and oxygen atoms in total. The summed E-state index contributed by atoms with van der Waals surface area (Å²) in [4.78, 5) is 14.9. The zero-order chi connectivity index (χ0) is 22.7. The summed E-state index contributed by atoms with van der Waals surface area (Å²) < 4.78 is 49.5. The lowest BCUT2D eigenvalue weighted by molar-refractivity contribution is -0.274. The summed E-state index contributed by atoms with van der Waals surface area (Å²) in [6.07, 6.45) is -2.57. The second-order valence-corrected chi connectivity index (χ2v) is 7.97. The molecule has 1 aromatic heterocycles. The highest BCUT2D eigenvalue weighted by Crippen LogP contribution is 2.28. The third-order valence-corrected chi connectivity index (χ3v) is 5.93. The highest BCUT2D eigenvalue weighted by molar-refractivity contribution is 5.94. The number of hydrogen-bond donors (Lipinski definition) is 1. The summed E-state index contributed by atoms with van der Waals surface area (Å²) in [5.41, 5.74) is 2.93. The van der Waals surface area contributed by atoms with Gasteiger partial charge in [-0.1, -0.05) is 18.2 Å². The number of carbonyl (C=O) groups is 1. The van der Waals surface area contributed by atoms with Crippen molar-refractivity contribution in [3.8, 4) is 5.75 Å². The zero-order valence-corrected chi connectivity index (χ0v) is 18.0. The van der Waals surface area contributed by atoms with Gasteiger partial charge in [-0.15, -0.1) is 13.2 Å². The highest BCUT2D eigenvalue weighted by atomic mass is 19.4. The van der Waals surface area contributed by atoms with Gasteiger partial charge in [-0.2, -0.15) is 5.10 Å². The largest absolute Gasteiger partial charge is 0.573 e. The number of ether oxygens (including phenoxy) is 2. The Hall–Kier alpha value is -2.59. The van der Waals surface area contributed by atoms with Crippen molar-refractivity contribution in [2.24, 2.45) is 0 Å². The standard InChI is InChI=1S/C22H27F3N4O3/c1-2-29-18-8-7-16(26-14-15-5-3-4-6-19(15)32-22(23,24)25)13-17(18)20(27-29)21(30)28-9-11-31-12-10-28/h3-6,16,26H,2,7-14H2,1H3. The summed E-state index contributed by atoms with van der Waals surface area (Å²) in [5.74, 6) is -0.285. The number of rotatable bonds is 6. The molecule has 1 saturated heterocycles. The number of benzene rings is 1. The summed E-state index contributed by atoms with van der Waals surface area (Å²) in [6.45, 7) is 5.05. The van der Waals surface area contributed by atoms with Gasteiger partial charge in [0.2, 0.25) is 0 Å². The van der Waals surface area contributed by atoms with Gasteiger partial charge in [-0.05, 0) is 32.3 Å². The van der Waals surface area contributed by atoms with Crippen LogP contribution in [0.2, 0.25) is 0 Å². The number of halogens is 3. The van der Waals surface area contributed by atoms with Crippen LogP contribution in [0.15, 0.2) is 24.3 Å². The molecule has 32 heavy (non-hydrogen) atoms. The van der Waals surface area contributed by atoms with Gasteiger partial charge in [0, 0.05) is 49.0 Å². The first-order chi connectivity index (χ1) is 15.4. The van der Waals surface area contributed by atoms with Crippen LogP contribution in [0.1, 0.15) is 40.7 Å². The highest BCUT2D eigenvalue weighted by Gasteiger charge is 2.33. The summed E-state index contributed by atoms with van der Waals surface area (Å²) in [6, 6.07) is 6.15. The van der Waals surface area contributed by atoms with Gasteiger partial charge in [0.25, 0.3) is 5.91 Å². The first-order valence-corrected chi connectivity index (χ1v) is 10.9. The molecule has 0 saturated carbocycles. The van der Waals surface area contributed by atoms with E-state index in [1.807, 2.05) is 11.6 Å². The number of morpholine rings is 1. The molecule has 4 rings (SSSR count). The lowest BCUT2D eigenvalue weighted by Gasteiger charge is -2.28. The number of nitrogens with zero attached hydrogens (tertiary/aromatic N) is 3. The van der Waals surface area contributed by atoms with Gasteiger partial charge in [-0.25, -0.2) is 0 Å². The fourth-order valence-corrected chi connectivity index (χ4v) is 4.34. The molecule has 0 spiro atoms. The van der Waals surface area contributed by atoms with Crippen LogP contribution in [0, 0.1) is 0 Å². The van der Waals surface area contributed by atoms with E-state index in [-0.39, 0.29) is 24.2 Å². The van der Waals surface area contributed by atoms with E-state index in [4.69, 9.17) is 4.74 Å². The normalized spacial score (nSPS) is 19.0. The Morgan fingerprint density at radius 1 is 1.28 bits per heavy atom. The molecule has 1 fully saturated rings. The zero-order valence-electron chi connectivity index (χ0n) is 18.0. The first kappa shape index (κ1) is 22.6. The Morgan fingerprint density at radius 2 is 2.03 bits per heavy atom. The third kappa shape index (κ3) is 5.07. The SMILES string of the molecule is CCn1nc(C(=O)N2CCOCC2)c2c1CCC(NCc1ccccc1OC(F)(F)F)C2. The van der Waals surface area contributed by atoms with Crippen molar-refractivity contribution in [3.63, 3.8) is 0 Å². The molecular formula is C22H27F3N4O3. The molecule has 1 aliphatic heterocycles. The van der Waals surface area contributed by atoms with Crippen LogP contribution in [0.4, 0.5) is 13.2 Å². The molecule has 174 valence electrons. The lowest BCUT2D eigenvalue weighted by Crippen LogP contribution is -2.41. The molecule has 1 atom stereocenters. The van der Waals surface area contributed by atoms with Crippen LogP contribution in [-0.2, 0) is 30.7 Å². The lowest BCUT2D eigenvalue weighted by atomic mass is 9.90. The minimum Gasteiger partial charge on any atom is -0.405 e. The van der Waals surface area contributed by atoms with Gasteiger partial charge in [0.15, 0.2) is 5.69 Å². The maximum Gasteiger partial charge on any atom is 0.573 e. The molecule has 10 heteroatoms. The van der Waals surface area contributed by atoms with E-state index in [9.17, 15) is 18.0 Å². The van der Waals surface area contributed by atoms with Crippen LogP contribution in [0.5, 0.6) is 5.75 Å². The quantitative estimate of drug-likeness (QED) is 0.730. The Labute approximate surface area is 184 Å². The maximum atomic E-state index is 13.1. The minimum atomic E-state index is -4.74. The van der Waals surface area contributed by atoms with Crippen LogP contribution in [0.25, 0.3) is 0 Å². The average Bonchev–Trinajstić information content (AvgIpc) is 3.15. The van der Waals surface area contributed by atoms with Crippen LogP contribution < -0.4 is 10.1 Å². The van der Waals surface area contributed by atoms with Crippen molar-refractivity contribution in [2.75, 3.05) is 26.3 Å². The van der Waals surface area contributed by atoms with Crippen molar-refractivity contribution in [2.45, 2.75) is 51.7 Å². The molecule has 2 heterocycles. The van der Waals surface area contributed by atoms with Crippen molar-refractivity contribution in [3.05, 3.63) is 46.8 Å². The number of aromatic nitrogens is 2. The molecule has 0 radical (unpaired) electrons. The van der Waals surface area contributed by atoms with Gasteiger partial charge in [-0.3, -0.25) is 9.48 Å². The van der Waals surface area contributed by atoms with Crippen LogP contribution >= 0.6 is 0 Å². The number of nitrogens with one attached hydrogen (secondary N) is 1. The number of carbonyl (C=O) groups excluding carboxylic acids is 1.